The van der Waals surface area contributed by atoms with Crippen LogP contribution in [-0.2, 0) is 4.79 Å². The Morgan fingerprint density at radius 1 is 1.23 bits per heavy atom. The number of carbonyl (C=O) groups excluding carboxylic acids is 1. The Labute approximate surface area is 137 Å². The summed E-state index contributed by atoms with van der Waals surface area (Å²) in [7, 11) is 3.02. The molecule has 0 radical (unpaired) electrons. The summed E-state index contributed by atoms with van der Waals surface area (Å²) in [5, 5.41) is 19.9. The maximum atomic E-state index is 11.9. The first kappa shape index (κ1) is 18.4. The molecule has 0 saturated carbocycles. The SMILES string of the molecule is O=C(O)CCSSCCNC(=O)c1cccc(C#CCO)c1. The average molecular weight is 339 g/mol. The van der Waals surface area contributed by atoms with Gasteiger partial charge >= 0.3 is 5.97 Å². The molecule has 0 aliphatic heterocycles. The normalized spacial score (nSPS) is 9.68. The van der Waals surface area contributed by atoms with E-state index in [2.05, 4.69) is 17.2 Å². The molecule has 1 rings (SSSR count). The summed E-state index contributed by atoms with van der Waals surface area (Å²) in [6, 6.07) is 6.89. The van der Waals surface area contributed by atoms with Crippen molar-refractivity contribution in [2.45, 2.75) is 6.42 Å². The van der Waals surface area contributed by atoms with Crippen LogP contribution < -0.4 is 5.32 Å². The third kappa shape index (κ3) is 7.98. The highest BCUT2D eigenvalue weighted by atomic mass is 33.1. The first-order valence-corrected chi connectivity index (χ1v) is 9.06. The monoisotopic (exact) mass is 339 g/mol. The maximum absolute atomic E-state index is 11.9. The van der Waals surface area contributed by atoms with Crippen LogP contribution >= 0.6 is 21.6 Å². The van der Waals surface area contributed by atoms with E-state index in [4.69, 9.17) is 10.2 Å². The highest BCUT2D eigenvalue weighted by molar-refractivity contribution is 8.76. The van der Waals surface area contributed by atoms with E-state index in [0.717, 1.165) is 0 Å². The Hall–Kier alpha value is -1.62. The molecule has 1 amide bonds. The van der Waals surface area contributed by atoms with Gasteiger partial charge in [-0.2, -0.15) is 0 Å². The molecular formula is C15H17NO4S2. The number of carboxylic acids is 1. The third-order valence-electron chi connectivity index (χ3n) is 2.39. The number of nitrogens with one attached hydrogen (secondary N) is 1. The number of hydrogen-bond acceptors (Lipinski definition) is 5. The molecule has 5 nitrogen and oxygen atoms in total. The van der Waals surface area contributed by atoms with Gasteiger partial charge in [-0.15, -0.1) is 0 Å². The smallest absolute Gasteiger partial charge is 0.304 e. The summed E-state index contributed by atoms with van der Waals surface area (Å²) in [6.45, 7) is 0.295. The largest absolute Gasteiger partial charge is 0.481 e. The number of amides is 1. The van der Waals surface area contributed by atoms with Crippen LogP contribution in [0.3, 0.4) is 0 Å². The van der Waals surface area contributed by atoms with Gasteiger partial charge in [-0.05, 0) is 18.2 Å². The predicted octanol–water partition coefficient (Wildman–Crippen LogP) is 1.62. The molecule has 3 N–H and O–H groups in total. The van der Waals surface area contributed by atoms with E-state index in [1.54, 1.807) is 24.3 Å². The average Bonchev–Trinajstić information content (AvgIpc) is 2.51. The van der Waals surface area contributed by atoms with Crippen molar-refractivity contribution >= 4 is 33.5 Å². The number of rotatable bonds is 8. The molecular weight excluding hydrogens is 322 g/mol. The lowest BCUT2D eigenvalue weighted by atomic mass is 10.1. The molecule has 1 aromatic rings. The third-order valence-corrected chi connectivity index (χ3v) is 4.80. The minimum atomic E-state index is -0.800. The summed E-state index contributed by atoms with van der Waals surface area (Å²) in [5.74, 6) is 5.58. The van der Waals surface area contributed by atoms with Gasteiger partial charge < -0.3 is 15.5 Å². The predicted molar refractivity (Wildman–Crippen MR) is 89.9 cm³/mol. The van der Waals surface area contributed by atoms with E-state index < -0.39 is 5.97 Å². The molecule has 0 saturated heterocycles. The molecule has 0 atom stereocenters. The molecule has 7 heteroatoms. The Morgan fingerprint density at radius 3 is 2.73 bits per heavy atom. The van der Waals surface area contributed by atoms with Crippen molar-refractivity contribution in [1.82, 2.24) is 5.32 Å². The topological polar surface area (TPSA) is 86.6 Å². The Kier molecular flexibility index (Phi) is 9.23. The molecule has 0 fully saturated rings. The molecule has 1 aromatic carbocycles. The number of carboxylic acid groups (broad SMARTS) is 1. The van der Waals surface area contributed by atoms with Crippen LogP contribution in [0.5, 0.6) is 0 Å². The van der Waals surface area contributed by atoms with Crippen molar-refractivity contribution in [3.63, 3.8) is 0 Å². The van der Waals surface area contributed by atoms with Gasteiger partial charge in [-0.3, -0.25) is 9.59 Å². The lowest BCUT2D eigenvalue weighted by molar-refractivity contribution is -0.136. The van der Waals surface area contributed by atoms with Gasteiger partial charge in [0.2, 0.25) is 0 Å². The lowest BCUT2D eigenvalue weighted by Crippen LogP contribution is -2.25. The first-order chi connectivity index (χ1) is 10.6. The zero-order chi connectivity index (χ0) is 16.2. The van der Waals surface area contributed by atoms with E-state index in [0.29, 0.717) is 29.2 Å². The number of carbonyl (C=O) groups is 2. The van der Waals surface area contributed by atoms with Gasteiger partial charge in [-0.25, -0.2) is 0 Å². The van der Waals surface area contributed by atoms with Crippen molar-refractivity contribution in [1.29, 1.82) is 0 Å². The number of hydrogen-bond donors (Lipinski definition) is 3. The summed E-state index contributed by atoms with van der Waals surface area (Å²) in [6.07, 6.45) is 0.145. The van der Waals surface area contributed by atoms with Crippen LogP contribution in [0.2, 0.25) is 0 Å². The van der Waals surface area contributed by atoms with Crippen LogP contribution in [0, 0.1) is 11.8 Å². The second-order valence-corrected chi connectivity index (χ2v) is 6.79. The Bertz CT molecular complexity index is 566. The molecule has 0 unspecified atom stereocenters. The van der Waals surface area contributed by atoms with Crippen molar-refractivity contribution in [3.8, 4) is 11.8 Å². The van der Waals surface area contributed by atoms with Gasteiger partial charge in [0.05, 0.1) is 6.42 Å². The molecule has 0 bridgehead atoms. The zero-order valence-electron chi connectivity index (χ0n) is 11.9. The molecule has 22 heavy (non-hydrogen) atoms. The highest BCUT2D eigenvalue weighted by Crippen LogP contribution is 2.20. The lowest BCUT2D eigenvalue weighted by Gasteiger charge is -2.05. The number of aliphatic hydroxyl groups is 1. The number of aliphatic hydroxyl groups excluding tert-OH is 1. The minimum Gasteiger partial charge on any atom is -0.481 e. The Morgan fingerprint density at radius 2 is 2.00 bits per heavy atom. The second kappa shape index (κ2) is 11.0. The van der Waals surface area contributed by atoms with Crippen molar-refractivity contribution < 1.29 is 19.8 Å². The van der Waals surface area contributed by atoms with Crippen LogP contribution in [-0.4, -0.2) is 46.7 Å². The quantitative estimate of drug-likeness (QED) is 0.379. The van der Waals surface area contributed by atoms with Gasteiger partial charge in [-0.1, -0.05) is 39.5 Å². The fraction of sp³-hybridized carbons (Fsp3) is 0.333. The first-order valence-electron chi connectivity index (χ1n) is 6.57. The molecule has 0 spiro atoms. The molecule has 118 valence electrons. The van der Waals surface area contributed by atoms with Crippen LogP contribution in [0.4, 0.5) is 0 Å². The Balaban J connectivity index is 2.29. The zero-order valence-corrected chi connectivity index (χ0v) is 13.5. The second-order valence-electron chi connectivity index (χ2n) is 4.08. The summed E-state index contributed by atoms with van der Waals surface area (Å²) < 4.78 is 0. The minimum absolute atomic E-state index is 0.145. The number of aliphatic carboxylic acids is 1. The van der Waals surface area contributed by atoms with Gasteiger partial charge in [0, 0.05) is 29.2 Å². The van der Waals surface area contributed by atoms with Gasteiger partial charge in [0.25, 0.3) is 5.91 Å². The molecule has 0 aliphatic carbocycles. The molecule has 0 heterocycles. The standard InChI is InChI=1S/C15H17NO4S2/c17-8-2-4-12-3-1-5-13(11-12)15(20)16-7-10-22-21-9-6-14(18)19/h1,3,5,11,17H,6-10H2,(H,16,20)(H,18,19). The van der Waals surface area contributed by atoms with Crippen molar-refractivity contribution in [2.24, 2.45) is 0 Å². The highest BCUT2D eigenvalue weighted by Gasteiger charge is 2.05. The molecule has 0 aliphatic rings. The summed E-state index contributed by atoms with van der Waals surface area (Å²) in [4.78, 5) is 22.3. The van der Waals surface area contributed by atoms with E-state index in [-0.39, 0.29) is 18.9 Å². The number of benzene rings is 1. The van der Waals surface area contributed by atoms with Crippen molar-refractivity contribution in [2.75, 3.05) is 24.7 Å². The summed E-state index contributed by atoms with van der Waals surface area (Å²) in [5.41, 5.74) is 1.20. The van der Waals surface area contributed by atoms with Gasteiger partial charge in [0.1, 0.15) is 6.61 Å². The van der Waals surface area contributed by atoms with Crippen LogP contribution in [0.1, 0.15) is 22.3 Å². The molecule has 0 aromatic heterocycles. The summed E-state index contributed by atoms with van der Waals surface area (Å²) >= 11 is 0. The maximum Gasteiger partial charge on any atom is 0.304 e. The van der Waals surface area contributed by atoms with E-state index >= 15 is 0 Å². The van der Waals surface area contributed by atoms with Crippen LogP contribution in [0.15, 0.2) is 24.3 Å². The fourth-order valence-corrected chi connectivity index (χ4v) is 3.32. The van der Waals surface area contributed by atoms with Gasteiger partial charge in [0.15, 0.2) is 0 Å². The fourth-order valence-electron chi connectivity index (χ4n) is 1.43. The van der Waals surface area contributed by atoms with E-state index in [1.165, 1.54) is 21.6 Å². The van der Waals surface area contributed by atoms with Crippen molar-refractivity contribution in [3.05, 3.63) is 35.4 Å². The van der Waals surface area contributed by atoms with Crippen LogP contribution in [0.25, 0.3) is 0 Å². The van der Waals surface area contributed by atoms with E-state index in [9.17, 15) is 9.59 Å². The van der Waals surface area contributed by atoms with E-state index in [1.807, 2.05) is 0 Å².